The smallest absolute Gasteiger partial charge is 0.330 e. The first kappa shape index (κ1) is 23.0. The first-order chi connectivity index (χ1) is 13.9. The van der Waals surface area contributed by atoms with E-state index in [0.29, 0.717) is 30.8 Å². The predicted molar refractivity (Wildman–Crippen MR) is 137 cm³/mol. The lowest BCUT2D eigenvalue weighted by Crippen LogP contribution is -2.61. The summed E-state index contributed by atoms with van der Waals surface area (Å²) < 4.78 is 5.87. The molecule has 0 aromatic rings. The Morgan fingerprint density at radius 3 is 2.63 bits per heavy atom. The van der Waals surface area contributed by atoms with Crippen molar-refractivity contribution in [2.45, 2.75) is 60.2 Å². The quantitative estimate of drug-likeness (QED) is 0.180. The molecular weight excluding hydrogens is 602 g/mol. The first-order valence-corrected chi connectivity index (χ1v) is 13.2. The van der Waals surface area contributed by atoms with Crippen LogP contribution < -0.4 is 0 Å². The molecule has 0 N–H and O–H groups in total. The molecule has 0 aromatic carbocycles. The van der Waals surface area contributed by atoms with Gasteiger partial charge in [0.1, 0.15) is 0 Å². The number of hydrogen-bond acceptors (Lipinski definition) is 3. The highest BCUT2D eigenvalue weighted by Crippen LogP contribution is 2.78. The standard InChI is InChI=1S/C22H22I2O3.C2H6.CH4/c23-21-8-4-13(25)9-12(21)3-7-22(24)17(21)5-6-20-11-27-18(26)2-1-16(20)14-10-15(14)19(20)22;1-2;/h1-3,7,9,14-17,19H,4-6,8,10-11H2;1-2H3;1H4/t14?,15?,16-,17?,19?,20?,21?,22?;;/m1../s1. The van der Waals surface area contributed by atoms with E-state index in [4.69, 9.17) is 4.74 Å². The SMILES string of the molecule is C.CC.O=C1C=C2C=CC3(I)C(CCC45COC(=O)C=C[C@@H]4C4CC4C35)C2(I)CC1. The number of allylic oxidation sites excluding steroid dienone is 5. The normalized spacial score (nSPS) is 49.3. The van der Waals surface area contributed by atoms with Crippen molar-refractivity contribution in [1.29, 1.82) is 0 Å². The summed E-state index contributed by atoms with van der Waals surface area (Å²) in [5.41, 5.74) is 1.35. The third kappa shape index (κ3) is 2.92. The van der Waals surface area contributed by atoms with Gasteiger partial charge < -0.3 is 4.74 Å². The molecule has 1 spiro atoms. The summed E-state index contributed by atoms with van der Waals surface area (Å²) in [7, 11) is 0. The van der Waals surface area contributed by atoms with Crippen LogP contribution in [0.1, 0.15) is 53.4 Å². The van der Waals surface area contributed by atoms with E-state index in [1.165, 1.54) is 12.0 Å². The molecule has 8 atom stereocenters. The fourth-order valence-electron chi connectivity index (χ4n) is 7.46. The van der Waals surface area contributed by atoms with E-state index in [2.05, 4.69) is 63.4 Å². The Morgan fingerprint density at radius 2 is 1.87 bits per heavy atom. The molecule has 3 fully saturated rings. The van der Waals surface area contributed by atoms with E-state index in [-0.39, 0.29) is 31.4 Å². The fourth-order valence-corrected chi connectivity index (χ4v) is 11.6. The van der Waals surface area contributed by atoms with Gasteiger partial charge >= 0.3 is 5.97 Å². The predicted octanol–water partition coefficient (Wildman–Crippen LogP) is 6.25. The molecule has 1 heterocycles. The van der Waals surface area contributed by atoms with E-state index in [9.17, 15) is 9.59 Å². The van der Waals surface area contributed by atoms with Crippen molar-refractivity contribution in [3.05, 3.63) is 36.0 Å². The van der Waals surface area contributed by atoms with Gasteiger partial charge in [0.2, 0.25) is 0 Å². The number of ether oxygens (including phenoxy) is 1. The third-order valence-corrected chi connectivity index (χ3v) is 12.2. The van der Waals surface area contributed by atoms with Crippen LogP contribution in [0.5, 0.6) is 0 Å². The lowest BCUT2D eigenvalue weighted by atomic mass is 9.51. The molecule has 164 valence electrons. The summed E-state index contributed by atoms with van der Waals surface area (Å²) in [5, 5.41) is 0. The van der Waals surface area contributed by atoms with Gasteiger partial charge in [-0.05, 0) is 66.9 Å². The van der Waals surface area contributed by atoms with Gasteiger partial charge in [0.05, 0.1) is 10.0 Å². The van der Waals surface area contributed by atoms with Gasteiger partial charge in [0, 0.05) is 21.3 Å². The molecular formula is C25H32I2O3. The summed E-state index contributed by atoms with van der Waals surface area (Å²) in [6.07, 6.45) is 15.7. The molecule has 5 heteroatoms. The molecule has 0 aromatic heterocycles. The van der Waals surface area contributed by atoms with Crippen LogP contribution in [0.15, 0.2) is 36.0 Å². The Hall–Kier alpha value is -0.180. The molecule has 6 aliphatic rings. The Labute approximate surface area is 207 Å². The summed E-state index contributed by atoms with van der Waals surface area (Å²) >= 11 is 5.44. The minimum absolute atomic E-state index is 0. The number of ketones is 1. The highest BCUT2D eigenvalue weighted by Gasteiger charge is 2.75. The largest absolute Gasteiger partial charge is 0.462 e. The minimum atomic E-state index is -0.167. The zero-order valence-corrected chi connectivity index (χ0v) is 21.3. The molecule has 3 nitrogen and oxygen atoms in total. The first-order valence-electron chi connectivity index (χ1n) is 11.1. The van der Waals surface area contributed by atoms with Crippen LogP contribution in [0.2, 0.25) is 0 Å². The molecule has 1 aliphatic heterocycles. The Bertz CT molecular complexity index is 860. The maximum absolute atomic E-state index is 12.0. The van der Waals surface area contributed by atoms with Gasteiger partial charge in [0.15, 0.2) is 5.78 Å². The van der Waals surface area contributed by atoms with Crippen LogP contribution in [-0.4, -0.2) is 25.2 Å². The van der Waals surface area contributed by atoms with Crippen molar-refractivity contribution in [2.24, 2.45) is 35.0 Å². The second-order valence-electron chi connectivity index (χ2n) is 9.45. The lowest BCUT2D eigenvalue weighted by Gasteiger charge is -2.60. The number of carbonyl (C=O) groups is 2. The summed E-state index contributed by atoms with van der Waals surface area (Å²) in [6.45, 7) is 4.59. The number of fused-ring (bicyclic) bond motifs is 7. The number of hydrogen-bond donors (Lipinski definition) is 0. The van der Waals surface area contributed by atoms with Gasteiger partial charge in [-0.3, -0.25) is 4.79 Å². The van der Waals surface area contributed by atoms with E-state index >= 15 is 0 Å². The highest BCUT2D eigenvalue weighted by molar-refractivity contribution is 14.1. The molecule has 0 bridgehead atoms. The van der Waals surface area contributed by atoms with Gasteiger partial charge in [-0.2, -0.15) is 0 Å². The average molecular weight is 634 g/mol. The number of esters is 1. The molecule has 0 saturated heterocycles. The van der Waals surface area contributed by atoms with Crippen LogP contribution in [0.3, 0.4) is 0 Å². The maximum Gasteiger partial charge on any atom is 0.330 e. The topological polar surface area (TPSA) is 43.4 Å². The summed E-state index contributed by atoms with van der Waals surface area (Å²) in [6, 6.07) is 0. The molecule has 30 heavy (non-hydrogen) atoms. The van der Waals surface area contributed by atoms with Crippen molar-refractivity contribution in [2.75, 3.05) is 6.61 Å². The molecule has 7 unspecified atom stereocenters. The zero-order valence-electron chi connectivity index (χ0n) is 17.0. The van der Waals surface area contributed by atoms with E-state index < -0.39 is 0 Å². The lowest BCUT2D eigenvalue weighted by molar-refractivity contribution is -0.144. The van der Waals surface area contributed by atoms with Crippen molar-refractivity contribution in [1.82, 2.24) is 0 Å². The van der Waals surface area contributed by atoms with Crippen molar-refractivity contribution >= 4 is 56.9 Å². The zero-order chi connectivity index (χ0) is 20.6. The molecule has 6 rings (SSSR count). The summed E-state index contributed by atoms with van der Waals surface area (Å²) in [5.74, 6) is 3.21. The molecule has 0 radical (unpaired) electrons. The monoisotopic (exact) mass is 634 g/mol. The van der Waals surface area contributed by atoms with Gasteiger partial charge in [0.25, 0.3) is 0 Å². The minimum Gasteiger partial charge on any atom is -0.462 e. The molecule has 3 saturated carbocycles. The van der Waals surface area contributed by atoms with Crippen LogP contribution in [0.4, 0.5) is 0 Å². The van der Waals surface area contributed by atoms with E-state index in [0.717, 1.165) is 31.1 Å². The molecule has 0 amide bonds. The number of rotatable bonds is 0. The Kier molecular flexibility index (Phi) is 5.90. The van der Waals surface area contributed by atoms with Crippen LogP contribution in [0, 0.1) is 35.0 Å². The summed E-state index contributed by atoms with van der Waals surface area (Å²) in [4.78, 5) is 24.0. The van der Waals surface area contributed by atoms with Gasteiger partial charge in [-0.15, -0.1) is 0 Å². The Balaban J connectivity index is 0.000000706. The molecule has 5 aliphatic carbocycles. The number of carbonyl (C=O) groups excluding carboxylic acids is 2. The number of halogens is 2. The van der Waals surface area contributed by atoms with E-state index in [1.807, 2.05) is 19.9 Å². The highest BCUT2D eigenvalue weighted by atomic mass is 127. The second-order valence-corrected chi connectivity index (χ2v) is 13.2. The Morgan fingerprint density at radius 1 is 1.10 bits per heavy atom. The fraction of sp³-hybridized carbons (Fsp3) is 0.680. The number of cyclic esters (lactones) is 1. The third-order valence-electron chi connectivity index (χ3n) is 8.50. The van der Waals surface area contributed by atoms with Crippen LogP contribution in [-0.2, 0) is 14.3 Å². The van der Waals surface area contributed by atoms with Crippen LogP contribution >= 0.6 is 45.2 Å². The van der Waals surface area contributed by atoms with E-state index in [1.54, 1.807) is 6.08 Å². The maximum atomic E-state index is 12.0. The van der Waals surface area contributed by atoms with Crippen molar-refractivity contribution < 1.29 is 14.3 Å². The van der Waals surface area contributed by atoms with Crippen LogP contribution in [0.25, 0.3) is 0 Å². The van der Waals surface area contributed by atoms with Crippen molar-refractivity contribution in [3.63, 3.8) is 0 Å². The average Bonchev–Trinajstić information content (AvgIpc) is 3.45. The van der Waals surface area contributed by atoms with Crippen molar-refractivity contribution in [3.8, 4) is 0 Å². The number of alkyl halides is 2. The van der Waals surface area contributed by atoms with Gasteiger partial charge in [-0.25, -0.2) is 4.79 Å². The van der Waals surface area contributed by atoms with Gasteiger partial charge in [-0.1, -0.05) is 84.7 Å². The second kappa shape index (κ2) is 7.70.